The van der Waals surface area contributed by atoms with E-state index >= 15 is 0 Å². The van der Waals surface area contributed by atoms with Crippen LogP contribution in [0.15, 0.2) is 57.8 Å². The van der Waals surface area contributed by atoms with Crippen LogP contribution in [0.4, 0.5) is 0 Å². The van der Waals surface area contributed by atoms with Crippen LogP contribution in [-0.2, 0) is 12.2 Å². The molecule has 0 atom stereocenters. The molecule has 0 aliphatic rings. The summed E-state index contributed by atoms with van der Waals surface area (Å²) >= 11 is 1.72. The lowest BCUT2D eigenvalue weighted by atomic mass is 10.1. The van der Waals surface area contributed by atoms with E-state index in [1.807, 2.05) is 24.3 Å². The fraction of sp³-hybridized carbons (Fsp3) is 0.292. The average Bonchev–Trinajstić information content (AvgIpc) is 3.22. The van der Waals surface area contributed by atoms with Crippen LogP contribution in [0.5, 0.6) is 11.5 Å². The molecule has 1 amide bonds. The van der Waals surface area contributed by atoms with Crippen molar-refractivity contribution in [3.63, 3.8) is 0 Å². The molecule has 0 saturated carbocycles. The van der Waals surface area contributed by atoms with E-state index in [9.17, 15) is 4.79 Å². The number of benzene rings is 2. The summed E-state index contributed by atoms with van der Waals surface area (Å²) in [5.41, 5.74) is 3.52. The van der Waals surface area contributed by atoms with Gasteiger partial charge in [-0.1, -0.05) is 18.2 Å². The van der Waals surface area contributed by atoms with E-state index in [4.69, 9.17) is 13.9 Å². The van der Waals surface area contributed by atoms with E-state index in [1.54, 1.807) is 32.0 Å². The first-order valence-corrected chi connectivity index (χ1v) is 10.8. The molecule has 0 bridgehead atoms. The zero-order valence-electron chi connectivity index (χ0n) is 17.8. The zero-order chi connectivity index (χ0) is 21.5. The van der Waals surface area contributed by atoms with Crippen molar-refractivity contribution in [2.45, 2.75) is 30.9 Å². The van der Waals surface area contributed by atoms with Crippen LogP contribution in [0, 0.1) is 13.8 Å². The van der Waals surface area contributed by atoms with E-state index < -0.39 is 0 Å². The molecule has 1 N–H and O–H groups in total. The molecule has 3 rings (SSSR count). The minimum Gasteiger partial charge on any atom is -0.497 e. The summed E-state index contributed by atoms with van der Waals surface area (Å²) in [6, 6.07) is 15.6. The highest BCUT2D eigenvalue weighted by molar-refractivity contribution is 7.98. The van der Waals surface area contributed by atoms with Gasteiger partial charge in [0.05, 0.1) is 20.0 Å². The minimum atomic E-state index is -0.215. The maximum absolute atomic E-state index is 12.4. The van der Waals surface area contributed by atoms with Crippen LogP contribution in [0.1, 0.15) is 33.0 Å². The first-order chi connectivity index (χ1) is 14.5. The smallest absolute Gasteiger partial charge is 0.287 e. The molecule has 6 heteroatoms. The summed E-state index contributed by atoms with van der Waals surface area (Å²) in [7, 11) is 3.24. The molecule has 3 aromatic rings. The maximum Gasteiger partial charge on any atom is 0.287 e. The van der Waals surface area contributed by atoms with Crippen molar-refractivity contribution in [2.75, 3.05) is 20.8 Å². The van der Waals surface area contributed by atoms with Gasteiger partial charge in [0.25, 0.3) is 5.91 Å². The van der Waals surface area contributed by atoms with Gasteiger partial charge in [-0.25, -0.2) is 0 Å². The molecule has 30 heavy (non-hydrogen) atoms. The molecular weight excluding hydrogens is 398 g/mol. The molecule has 0 fully saturated rings. The van der Waals surface area contributed by atoms with Crippen molar-refractivity contribution >= 4 is 17.7 Å². The molecule has 0 unspecified atom stereocenters. The number of carbonyl (C=O) groups is 1. The Hall–Kier alpha value is -2.86. The summed E-state index contributed by atoms with van der Waals surface area (Å²) < 4.78 is 16.3. The fourth-order valence-electron chi connectivity index (χ4n) is 3.17. The Bertz CT molecular complexity index is 970. The Morgan fingerprint density at radius 1 is 1.00 bits per heavy atom. The predicted molar refractivity (Wildman–Crippen MR) is 120 cm³/mol. The Balaban J connectivity index is 1.53. The normalized spacial score (nSPS) is 10.7. The van der Waals surface area contributed by atoms with Crippen LogP contribution in [0.25, 0.3) is 0 Å². The monoisotopic (exact) mass is 425 g/mol. The molecule has 2 aromatic carbocycles. The topological polar surface area (TPSA) is 60.7 Å². The highest BCUT2D eigenvalue weighted by Gasteiger charge is 2.12. The van der Waals surface area contributed by atoms with Crippen LogP contribution in [-0.4, -0.2) is 26.7 Å². The molecule has 0 saturated heterocycles. The number of aryl methyl sites for hydroxylation is 2. The number of furan rings is 1. The third-order valence-electron chi connectivity index (χ3n) is 4.76. The molecule has 1 heterocycles. The summed E-state index contributed by atoms with van der Waals surface area (Å²) in [4.78, 5) is 13.7. The highest BCUT2D eigenvalue weighted by Crippen LogP contribution is 2.29. The summed E-state index contributed by atoms with van der Waals surface area (Å²) in [6.45, 7) is 4.70. The average molecular weight is 426 g/mol. The van der Waals surface area contributed by atoms with Crippen molar-refractivity contribution in [1.29, 1.82) is 0 Å². The van der Waals surface area contributed by atoms with E-state index in [2.05, 4.69) is 37.4 Å². The number of nitrogens with one attached hydrogen (secondary N) is 1. The Labute approximate surface area is 181 Å². The van der Waals surface area contributed by atoms with E-state index in [1.165, 1.54) is 16.0 Å². The maximum atomic E-state index is 12.4. The number of rotatable bonds is 9. The quantitative estimate of drug-likeness (QED) is 0.479. The second kappa shape index (κ2) is 10.3. The van der Waals surface area contributed by atoms with Gasteiger partial charge in [-0.15, -0.1) is 11.8 Å². The van der Waals surface area contributed by atoms with Gasteiger partial charge < -0.3 is 19.2 Å². The fourth-order valence-corrected chi connectivity index (χ4v) is 4.20. The summed E-state index contributed by atoms with van der Waals surface area (Å²) in [5.74, 6) is 3.04. The number of amides is 1. The zero-order valence-corrected chi connectivity index (χ0v) is 18.6. The van der Waals surface area contributed by atoms with Gasteiger partial charge in [0.2, 0.25) is 0 Å². The molecular formula is C24H27NO4S. The molecule has 0 radical (unpaired) electrons. The lowest BCUT2D eigenvalue weighted by Gasteiger charge is -2.09. The Kier molecular flexibility index (Phi) is 7.46. The first kappa shape index (κ1) is 21.8. The summed E-state index contributed by atoms with van der Waals surface area (Å²) in [6.07, 6.45) is 0.662. The number of ether oxygens (including phenoxy) is 2. The van der Waals surface area contributed by atoms with Gasteiger partial charge in [0, 0.05) is 17.5 Å². The van der Waals surface area contributed by atoms with Gasteiger partial charge in [-0.3, -0.25) is 4.79 Å². The standard InChI is InChI=1S/C24H27NO4S/c1-16-6-5-7-17(2)23(16)30-15-19-8-9-22(29-19)24(26)25-11-10-18-12-20(27-3)14-21(13-18)28-4/h5-9,12-14H,10-11,15H2,1-4H3,(H,25,26). The van der Waals surface area contributed by atoms with Crippen LogP contribution in [0.2, 0.25) is 0 Å². The van der Waals surface area contributed by atoms with Crippen molar-refractivity contribution in [1.82, 2.24) is 5.32 Å². The molecule has 1 aromatic heterocycles. The highest BCUT2D eigenvalue weighted by atomic mass is 32.2. The minimum absolute atomic E-state index is 0.215. The van der Waals surface area contributed by atoms with Gasteiger partial charge in [-0.2, -0.15) is 0 Å². The van der Waals surface area contributed by atoms with Crippen LogP contribution in [0.3, 0.4) is 0 Å². The Morgan fingerprint density at radius 3 is 2.30 bits per heavy atom. The number of hydrogen-bond acceptors (Lipinski definition) is 5. The third kappa shape index (κ3) is 5.60. The predicted octanol–water partition coefficient (Wildman–Crippen LogP) is 5.18. The van der Waals surface area contributed by atoms with Gasteiger partial charge in [-0.05, 0) is 61.2 Å². The number of carbonyl (C=O) groups excluding carboxylic acids is 1. The SMILES string of the molecule is COc1cc(CCNC(=O)c2ccc(CSc3c(C)cccc3C)o2)cc(OC)c1. The van der Waals surface area contributed by atoms with Crippen molar-refractivity contribution < 1.29 is 18.7 Å². The number of methoxy groups -OCH3 is 2. The lowest BCUT2D eigenvalue weighted by Crippen LogP contribution is -2.25. The molecule has 0 spiro atoms. The van der Waals surface area contributed by atoms with Crippen molar-refractivity contribution in [2.24, 2.45) is 0 Å². The van der Waals surface area contributed by atoms with Gasteiger partial charge in [0.1, 0.15) is 17.3 Å². The van der Waals surface area contributed by atoms with Gasteiger partial charge >= 0.3 is 0 Å². The Morgan fingerprint density at radius 2 is 1.67 bits per heavy atom. The third-order valence-corrected chi connectivity index (χ3v) is 6.12. The molecule has 0 aliphatic heterocycles. The van der Waals surface area contributed by atoms with E-state index in [0.717, 1.165) is 22.8 Å². The van der Waals surface area contributed by atoms with Gasteiger partial charge in [0.15, 0.2) is 5.76 Å². The number of thioether (sulfide) groups is 1. The van der Waals surface area contributed by atoms with Crippen molar-refractivity contribution in [3.05, 3.63) is 76.7 Å². The second-order valence-corrected chi connectivity index (χ2v) is 7.99. The second-order valence-electron chi connectivity index (χ2n) is 7.00. The first-order valence-electron chi connectivity index (χ1n) is 9.78. The van der Waals surface area contributed by atoms with E-state index in [-0.39, 0.29) is 5.91 Å². The lowest BCUT2D eigenvalue weighted by molar-refractivity contribution is 0.0925. The molecule has 5 nitrogen and oxygen atoms in total. The van der Waals surface area contributed by atoms with E-state index in [0.29, 0.717) is 24.5 Å². The largest absolute Gasteiger partial charge is 0.497 e. The molecule has 0 aliphatic carbocycles. The van der Waals surface area contributed by atoms with Crippen molar-refractivity contribution in [3.8, 4) is 11.5 Å². The summed E-state index contributed by atoms with van der Waals surface area (Å²) in [5, 5.41) is 2.91. The van der Waals surface area contributed by atoms with Crippen LogP contribution < -0.4 is 14.8 Å². The number of hydrogen-bond donors (Lipinski definition) is 1. The van der Waals surface area contributed by atoms with Crippen LogP contribution >= 0.6 is 11.8 Å². The molecule has 158 valence electrons.